The van der Waals surface area contributed by atoms with Gasteiger partial charge in [-0.25, -0.2) is 0 Å². The third-order valence-corrected chi connectivity index (χ3v) is 5.47. The summed E-state index contributed by atoms with van der Waals surface area (Å²) in [6, 6.07) is 9.01. The van der Waals surface area contributed by atoms with Crippen LogP contribution in [0.15, 0.2) is 60.2 Å². The number of anilines is 2. The number of allylic oxidation sites excluding steroid dienone is 3. The second kappa shape index (κ2) is 8.40. The molecule has 0 spiro atoms. The number of benzene rings is 2. The van der Waals surface area contributed by atoms with Crippen LogP contribution in [0.1, 0.15) is 56.6 Å². The van der Waals surface area contributed by atoms with Crippen molar-refractivity contribution in [1.29, 1.82) is 0 Å². The number of fused-ring (bicyclic) bond motifs is 2. The molecule has 8 nitrogen and oxygen atoms in total. The Labute approximate surface area is 189 Å². The molecule has 2 aliphatic rings. The number of carbonyl (C=O) groups is 5. The highest BCUT2D eigenvalue weighted by atomic mass is 16.3. The van der Waals surface area contributed by atoms with Crippen molar-refractivity contribution in [3.8, 4) is 0 Å². The second-order valence-electron chi connectivity index (χ2n) is 7.86. The van der Waals surface area contributed by atoms with Crippen LogP contribution in [0.25, 0.3) is 0 Å². The van der Waals surface area contributed by atoms with Crippen molar-refractivity contribution >= 4 is 40.5 Å². The molecule has 2 aromatic carbocycles. The van der Waals surface area contributed by atoms with Crippen molar-refractivity contribution in [1.82, 2.24) is 0 Å². The smallest absolute Gasteiger partial charge is 0.221 e. The number of ketones is 3. The highest BCUT2D eigenvalue weighted by Crippen LogP contribution is 2.37. The Hall–Kier alpha value is -4.17. The van der Waals surface area contributed by atoms with E-state index in [-0.39, 0.29) is 39.9 Å². The van der Waals surface area contributed by atoms with E-state index in [1.54, 1.807) is 6.07 Å². The lowest BCUT2D eigenvalue weighted by Crippen LogP contribution is -2.22. The lowest BCUT2D eigenvalue weighted by atomic mass is 10.0. The Balaban J connectivity index is 1.55. The summed E-state index contributed by atoms with van der Waals surface area (Å²) in [5.41, 5.74) is 1.74. The fourth-order valence-electron chi connectivity index (χ4n) is 4.03. The van der Waals surface area contributed by atoms with Crippen molar-refractivity contribution in [3.63, 3.8) is 0 Å². The minimum atomic E-state index is -1.37. The summed E-state index contributed by atoms with van der Waals surface area (Å²) in [5.74, 6) is -2.91. The molecule has 0 saturated heterocycles. The molecule has 0 aliphatic heterocycles. The maximum Gasteiger partial charge on any atom is 0.221 e. The van der Waals surface area contributed by atoms with Gasteiger partial charge in [0.1, 0.15) is 0 Å². The molecule has 0 saturated carbocycles. The first kappa shape index (κ1) is 22.0. The van der Waals surface area contributed by atoms with Gasteiger partial charge in [-0.15, -0.1) is 0 Å². The lowest BCUT2D eigenvalue weighted by Gasteiger charge is -2.22. The van der Waals surface area contributed by atoms with Gasteiger partial charge >= 0.3 is 0 Å². The van der Waals surface area contributed by atoms with Crippen molar-refractivity contribution < 1.29 is 29.1 Å². The Morgan fingerprint density at radius 3 is 2.06 bits per heavy atom. The van der Waals surface area contributed by atoms with Crippen LogP contribution < -0.4 is 15.7 Å². The average molecular weight is 443 g/mol. The number of carbonyl (C=O) groups excluding carboxylic acids is 5. The van der Waals surface area contributed by atoms with Crippen LogP contribution in [0.2, 0.25) is 0 Å². The molecule has 0 radical (unpaired) electrons. The second-order valence-corrected chi connectivity index (χ2v) is 7.86. The molecular weight excluding hydrogens is 424 g/mol. The minimum absolute atomic E-state index is 0.0837. The number of Topliss-reactive ketones (excluding diaryl/α,β-unsaturated/α-hetero) is 3. The fraction of sp³-hybridized carbons (Fsp3) is 0.160. The van der Waals surface area contributed by atoms with Gasteiger partial charge in [0.25, 0.3) is 0 Å². The third-order valence-electron chi connectivity index (χ3n) is 5.47. The molecule has 2 amide bonds. The SMILES string of the molecule is CC(=O)Nc1ccc2c(c1)C(=O)/C(=C\C=C\C1C(=O)c3ccc(NC(C)=O)cc3C1[O-])C2=O. The lowest BCUT2D eigenvalue weighted by molar-refractivity contribution is -0.430. The van der Waals surface area contributed by atoms with Crippen LogP contribution in [0.3, 0.4) is 0 Å². The van der Waals surface area contributed by atoms with Crippen LogP contribution in [-0.4, -0.2) is 29.2 Å². The van der Waals surface area contributed by atoms with Gasteiger partial charge in [0.05, 0.1) is 5.57 Å². The van der Waals surface area contributed by atoms with Gasteiger partial charge in [0.2, 0.25) is 11.8 Å². The zero-order valence-corrected chi connectivity index (χ0v) is 17.8. The van der Waals surface area contributed by atoms with Gasteiger partial charge in [0.15, 0.2) is 17.3 Å². The highest BCUT2D eigenvalue weighted by Gasteiger charge is 2.34. The number of nitrogens with one attached hydrogen (secondary N) is 2. The van der Waals surface area contributed by atoms with E-state index in [4.69, 9.17) is 0 Å². The van der Waals surface area contributed by atoms with E-state index in [1.165, 1.54) is 62.4 Å². The van der Waals surface area contributed by atoms with Gasteiger partial charge in [-0.2, -0.15) is 0 Å². The van der Waals surface area contributed by atoms with E-state index in [0.717, 1.165) is 0 Å². The molecule has 0 bridgehead atoms. The molecule has 4 rings (SSSR count). The Kier molecular flexibility index (Phi) is 5.61. The minimum Gasteiger partial charge on any atom is -0.848 e. The van der Waals surface area contributed by atoms with Crippen LogP contribution in [0.4, 0.5) is 11.4 Å². The molecule has 2 aromatic rings. The molecule has 2 unspecified atom stereocenters. The zero-order valence-electron chi connectivity index (χ0n) is 17.8. The third kappa shape index (κ3) is 4.04. The number of hydrogen-bond acceptors (Lipinski definition) is 6. The maximum atomic E-state index is 12.8. The molecule has 2 atom stereocenters. The number of amides is 2. The van der Waals surface area contributed by atoms with Crippen LogP contribution >= 0.6 is 0 Å². The van der Waals surface area contributed by atoms with Crippen LogP contribution in [-0.2, 0) is 9.59 Å². The first-order chi connectivity index (χ1) is 15.7. The van der Waals surface area contributed by atoms with Gasteiger partial charge in [-0.3, -0.25) is 24.0 Å². The maximum absolute atomic E-state index is 12.8. The predicted molar refractivity (Wildman–Crippen MR) is 118 cm³/mol. The predicted octanol–water partition coefficient (Wildman–Crippen LogP) is 2.38. The summed E-state index contributed by atoms with van der Waals surface area (Å²) in [7, 11) is 0. The molecular formula is C25H19N2O6-. The van der Waals surface area contributed by atoms with Crippen molar-refractivity contribution in [2.75, 3.05) is 10.6 Å². The monoisotopic (exact) mass is 443 g/mol. The van der Waals surface area contributed by atoms with E-state index in [0.29, 0.717) is 16.9 Å². The quantitative estimate of drug-likeness (QED) is 0.551. The van der Waals surface area contributed by atoms with Gasteiger partial charge in [-0.1, -0.05) is 18.3 Å². The molecule has 2 N–H and O–H groups in total. The molecule has 8 heteroatoms. The van der Waals surface area contributed by atoms with Gasteiger partial charge in [-0.05, 0) is 48.0 Å². The van der Waals surface area contributed by atoms with Gasteiger partial charge in [0, 0.05) is 47.8 Å². The summed E-state index contributed by atoms with van der Waals surface area (Å²) < 4.78 is 0. The molecule has 2 aliphatic carbocycles. The summed E-state index contributed by atoms with van der Waals surface area (Å²) in [6.07, 6.45) is 2.69. The van der Waals surface area contributed by atoms with Crippen molar-refractivity contribution in [2.45, 2.75) is 20.0 Å². The molecule has 0 heterocycles. The summed E-state index contributed by atoms with van der Waals surface area (Å²) in [6.45, 7) is 2.68. The van der Waals surface area contributed by atoms with Crippen LogP contribution in [0.5, 0.6) is 0 Å². The average Bonchev–Trinajstić information content (AvgIpc) is 3.12. The summed E-state index contributed by atoms with van der Waals surface area (Å²) in [4.78, 5) is 60.5. The van der Waals surface area contributed by atoms with E-state index >= 15 is 0 Å². The normalized spacial score (nSPS) is 20.3. The van der Waals surface area contributed by atoms with E-state index in [1.807, 2.05) is 0 Å². The van der Waals surface area contributed by atoms with E-state index in [2.05, 4.69) is 10.6 Å². The molecule has 166 valence electrons. The van der Waals surface area contributed by atoms with E-state index in [9.17, 15) is 29.1 Å². The standard InChI is InChI=1S/C25H19N2O6/c1-12(28)26-14-6-8-16-20(10-14)24(32)18(22(16)30)4-3-5-19-23(31)17-9-7-15(27-13(2)29)11-21(17)25(19)33/h3-11,18,24H,1-2H3,(H,26,28)(H,27,29)/q-1/b4-3+,19-5-. The topological polar surface area (TPSA) is 132 Å². The van der Waals surface area contributed by atoms with Crippen LogP contribution in [0, 0.1) is 5.92 Å². The Morgan fingerprint density at radius 1 is 0.848 bits per heavy atom. The molecule has 0 aromatic heterocycles. The molecule has 0 fully saturated rings. The van der Waals surface area contributed by atoms with E-state index < -0.39 is 23.6 Å². The number of rotatable bonds is 4. The number of hydrogen-bond donors (Lipinski definition) is 2. The Morgan fingerprint density at radius 2 is 1.42 bits per heavy atom. The summed E-state index contributed by atoms with van der Waals surface area (Å²) in [5, 5.41) is 18.0. The summed E-state index contributed by atoms with van der Waals surface area (Å²) >= 11 is 0. The van der Waals surface area contributed by atoms with Crippen molar-refractivity contribution in [2.24, 2.45) is 5.92 Å². The first-order valence-electron chi connectivity index (χ1n) is 10.2. The van der Waals surface area contributed by atoms with Crippen molar-refractivity contribution in [3.05, 3.63) is 82.5 Å². The highest BCUT2D eigenvalue weighted by molar-refractivity contribution is 6.39. The Bertz CT molecular complexity index is 1300. The molecule has 33 heavy (non-hydrogen) atoms. The largest absolute Gasteiger partial charge is 0.848 e. The van der Waals surface area contributed by atoms with Gasteiger partial charge < -0.3 is 15.7 Å². The first-order valence-corrected chi connectivity index (χ1v) is 10.2. The zero-order chi connectivity index (χ0) is 23.9. The fourth-order valence-corrected chi connectivity index (χ4v) is 4.03.